The van der Waals surface area contributed by atoms with E-state index in [0.29, 0.717) is 17.6 Å². The van der Waals surface area contributed by atoms with E-state index in [0.717, 1.165) is 5.69 Å². The number of nitrogens with one attached hydrogen (secondary N) is 2. The van der Waals surface area contributed by atoms with Gasteiger partial charge in [0.25, 0.3) is 0 Å². The van der Waals surface area contributed by atoms with Crippen LogP contribution in [0.1, 0.15) is 6.92 Å². The lowest BCUT2D eigenvalue weighted by molar-refractivity contribution is -0.140. The summed E-state index contributed by atoms with van der Waals surface area (Å²) in [6.07, 6.45) is 0. The number of benzene rings is 1. The monoisotopic (exact) mass is 236 g/mol. The third kappa shape index (κ3) is 2.47. The lowest BCUT2D eigenvalue weighted by atomic mass is 10.2. The molecule has 1 aromatic heterocycles. The summed E-state index contributed by atoms with van der Waals surface area (Å²) in [7, 11) is 0. The third-order valence-electron chi connectivity index (χ3n) is 2.45. The number of anilines is 1. The van der Waals surface area contributed by atoms with Crippen LogP contribution in [0.2, 0.25) is 0 Å². The second kappa shape index (κ2) is 4.32. The van der Waals surface area contributed by atoms with Crippen LogP contribution in [-0.2, 0) is 4.79 Å². The van der Waals surface area contributed by atoms with E-state index in [4.69, 9.17) is 9.52 Å². The molecule has 2 aromatic rings. The first-order valence-corrected chi connectivity index (χ1v) is 5.16. The highest BCUT2D eigenvalue weighted by molar-refractivity contribution is 5.77. The maximum atomic E-state index is 10.9. The molecule has 2 rings (SSSR count). The zero-order valence-corrected chi connectivity index (χ0v) is 9.19. The van der Waals surface area contributed by atoms with E-state index in [-0.39, 0.29) is 0 Å². The van der Waals surface area contributed by atoms with Crippen molar-refractivity contribution in [2.75, 3.05) is 11.9 Å². The Hall–Kier alpha value is -2.24. The number of H-pyrrole nitrogens is 1. The first kappa shape index (κ1) is 11.3. The number of carboxylic acids is 1. The Labute approximate surface area is 96.3 Å². The van der Waals surface area contributed by atoms with Crippen LogP contribution in [-0.4, -0.2) is 22.6 Å². The van der Waals surface area contributed by atoms with E-state index in [9.17, 15) is 9.59 Å². The van der Waals surface area contributed by atoms with E-state index in [1.165, 1.54) is 0 Å². The highest BCUT2D eigenvalue weighted by Gasteiger charge is 2.10. The van der Waals surface area contributed by atoms with Gasteiger partial charge in [0, 0.05) is 12.2 Å². The van der Waals surface area contributed by atoms with Crippen LogP contribution in [0.4, 0.5) is 5.69 Å². The minimum atomic E-state index is -0.852. The molecule has 0 spiro atoms. The number of aromatic amines is 1. The number of fused-ring (bicyclic) bond motifs is 1. The molecule has 1 heterocycles. The molecular weight excluding hydrogens is 224 g/mol. The fourth-order valence-corrected chi connectivity index (χ4v) is 1.42. The first-order valence-electron chi connectivity index (χ1n) is 5.16. The van der Waals surface area contributed by atoms with Crippen LogP contribution >= 0.6 is 0 Å². The molecule has 0 amide bonds. The molecule has 1 unspecified atom stereocenters. The molecule has 90 valence electrons. The van der Waals surface area contributed by atoms with Gasteiger partial charge in [0.05, 0.1) is 11.4 Å². The highest BCUT2D eigenvalue weighted by Crippen LogP contribution is 2.16. The van der Waals surface area contributed by atoms with Gasteiger partial charge >= 0.3 is 11.7 Å². The van der Waals surface area contributed by atoms with Gasteiger partial charge in [0.1, 0.15) is 0 Å². The Morgan fingerprint density at radius 1 is 1.59 bits per heavy atom. The van der Waals surface area contributed by atoms with Crippen molar-refractivity contribution in [1.82, 2.24) is 4.98 Å². The molecule has 0 radical (unpaired) electrons. The van der Waals surface area contributed by atoms with Crippen molar-refractivity contribution in [3.05, 3.63) is 28.7 Å². The zero-order chi connectivity index (χ0) is 12.4. The molecule has 3 N–H and O–H groups in total. The van der Waals surface area contributed by atoms with Gasteiger partial charge in [0.15, 0.2) is 5.58 Å². The van der Waals surface area contributed by atoms with Crippen molar-refractivity contribution in [2.45, 2.75) is 6.92 Å². The molecule has 0 saturated carbocycles. The standard InChI is InChI=1S/C11H12N2O4/c1-6(10(14)15)5-12-7-2-3-9-8(4-7)13-11(16)17-9/h2-4,6,12H,5H2,1H3,(H,13,16)(H,14,15). The number of aliphatic carboxylic acids is 1. The van der Waals surface area contributed by atoms with Crippen molar-refractivity contribution in [1.29, 1.82) is 0 Å². The number of hydrogen-bond acceptors (Lipinski definition) is 4. The van der Waals surface area contributed by atoms with Crippen molar-refractivity contribution < 1.29 is 14.3 Å². The van der Waals surface area contributed by atoms with Gasteiger partial charge in [-0.1, -0.05) is 6.92 Å². The Morgan fingerprint density at radius 2 is 2.35 bits per heavy atom. The van der Waals surface area contributed by atoms with E-state index in [2.05, 4.69) is 10.3 Å². The van der Waals surface area contributed by atoms with Gasteiger partial charge in [-0.2, -0.15) is 0 Å². The fraction of sp³-hybridized carbons (Fsp3) is 0.273. The average Bonchev–Trinajstić information content (AvgIpc) is 2.64. The summed E-state index contributed by atoms with van der Waals surface area (Å²) in [6.45, 7) is 1.94. The molecule has 0 bridgehead atoms. The highest BCUT2D eigenvalue weighted by atomic mass is 16.4. The van der Waals surface area contributed by atoms with Crippen LogP contribution in [0.15, 0.2) is 27.4 Å². The quantitative estimate of drug-likeness (QED) is 0.742. The summed E-state index contributed by atoms with van der Waals surface area (Å²) >= 11 is 0. The summed E-state index contributed by atoms with van der Waals surface area (Å²) in [5.41, 5.74) is 1.80. The number of hydrogen-bond donors (Lipinski definition) is 3. The summed E-state index contributed by atoms with van der Waals surface area (Å²) in [5.74, 6) is -1.83. The van der Waals surface area contributed by atoms with Crippen LogP contribution in [0.3, 0.4) is 0 Å². The Morgan fingerprint density at radius 3 is 3.06 bits per heavy atom. The third-order valence-corrected chi connectivity index (χ3v) is 2.45. The number of oxazole rings is 1. The van der Waals surface area contributed by atoms with E-state index < -0.39 is 17.6 Å². The minimum absolute atomic E-state index is 0.322. The van der Waals surface area contributed by atoms with E-state index in [1.807, 2.05) is 0 Å². The second-order valence-electron chi connectivity index (χ2n) is 3.85. The summed E-state index contributed by atoms with van der Waals surface area (Å²) in [4.78, 5) is 24.1. The molecule has 0 aliphatic rings. The van der Waals surface area contributed by atoms with Crippen molar-refractivity contribution >= 4 is 22.8 Å². The average molecular weight is 236 g/mol. The molecule has 6 heteroatoms. The van der Waals surface area contributed by atoms with Crippen LogP contribution in [0.5, 0.6) is 0 Å². The van der Waals surface area contributed by atoms with Crippen LogP contribution in [0.25, 0.3) is 11.1 Å². The second-order valence-corrected chi connectivity index (χ2v) is 3.85. The fourth-order valence-electron chi connectivity index (χ4n) is 1.42. The lowest BCUT2D eigenvalue weighted by Crippen LogP contribution is -2.19. The van der Waals surface area contributed by atoms with Gasteiger partial charge in [-0.05, 0) is 18.2 Å². The lowest BCUT2D eigenvalue weighted by Gasteiger charge is -2.09. The van der Waals surface area contributed by atoms with Gasteiger partial charge < -0.3 is 14.8 Å². The number of rotatable bonds is 4. The topological polar surface area (TPSA) is 95.3 Å². The maximum Gasteiger partial charge on any atom is 0.417 e. The molecule has 0 aliphatic heterocycles. The normalized spacial score (nSPS) is 12.5. The summed E-state index contributed by atoms with van der Waals surface area (Å²) in [6, 6.07) is 5.09. The van der Waals surface area contributed by atoms with E-state index in [1.54, 1.807) is 25.1 Å². The number of carboxylic acid groups (broad SMARTS) is 1. The predicted octanol–water partition coefficient (Wildman–Crippen LogP) is 1.25. The molecule has 0 aliphatic carbocycles. The SMILES string of the molecule is CC(CNc1ccc2oc(=O)[nH]c2c1)C(=O)O. The van der Waals surface area contributed by atoms with Crippen molar-refractivity contribution in [2.24, 2.45) is 5.92 Å². The number of carbonyl (C=O) groups is 1. The van der Waals surface area contributed by atoms with Crippen LogP contribution < -0.4 is 11.1 Å². The molecule has 17 heavy (non-hydrogen) atoms. The molecule has 1 atom stereocenters. The van der Waals surface area contributed by atoms with Gasteiger partial charge in [-0.3, -0.25) is 9.78 Å². The molecular formula is C11H12N2O4. The smallest absolute Gasteiger partial charge is 0.417 e. The van der Waals surface area contributed by atoms with Gasteiger partial charge in [0.2, 0.25) is 0 Å². The first-order chi connectivity index (χ1) is 8.06. The van der Waals surface area contributed by atoms with E-state index >= 15 is 0 Å². The van der Waals surface area contributed by atoms with Crippen molar-refractivity contribution in [3.63, 3.8) is 0 Å². The maximum absolute atomic E-state index is 10.9. The molecule has 0 fully saturated rings. The van der Waals surface area contributed by atoms with Crippen molar-refractivity contribution in [3.8, 4) is 0 Å². The minimum Gasteiger partial charge on any atom is -0.481 e. The molecule has 1 aromatic carbocycles. The molecule has 6 nitrogen and oxygen atoms in total. The van der Waals surface area contributed by atoms with Crippen LogP contribution in [0, 0.1) is 5.92 Å². The van der Waals surface area contributed by atoms with Gasteiger partial charge in [-0.15, -0.1) is 0 Å². The summed E-state index contributed by atoms with van der Waals surface area (Å²) in [5, 5.41) is 11.7. The summed E-state index contributed by atoms with van der Waals surface area (Å²) < 4.78 is 4.85. The zero-order valence-electron chi connectivity index (χ0n) is 9.19. The van der Waals surface area contributed by atoms with Gasteiger partial charge in [-0.25, -0.2) is 4.79 Å². The number of aromatic nitrogens is 1. The molecule has 0 saturated heterocycles. The Balaban J connectivity index is 2.14. The predicted molar refractivity (Wildman–Crippen MR) is 62.1 cm³/mol. The Bertz CT molecular complexity index is 599. The Kier molecular flexibility index (Phi) is 2.86. The largest absolute Gasteiger partial charge is 0.481 e.